The quantitative estimate of drug-likeness (QED) is 0.588. The molecule has 2 aromatic carbocycles. The molecule has 8 nitrogen and oxygen atoms in total. The number of primary amides is 1. The first-order valence-electron chi connectivity index (χ1n) is 8.68. The molecule has 148 valence electrons. The Morgan fingerprint density at radius 2 is 1.61 bits per heavy atom. The van der Waals surface area contributed by atoms with Crippen LogP contribution >= 0.6 is 0 Å². The summed E-state index contributed by atoms with van der Waals surface area (Å²) in [5, 5.41) is 0. The largest absolute Gasteiger partial charge is 0.423 e. The Balaban J connectivity index is 1.80. The van der Waals surface area contributed by atoms with Gasteiger partial charge in [0, 0.05) is 31.7 Å². The molecule has 1 amide bonds. The van der Waals surface area contributed by atoms with E-state index < -0.39 is 21.9 Å². The third-order valence-electron chi connectivity index (χ3n) is 4.50. The first-order valence-corrected chi connectivity index (χ1v) is 10.1. The number of ether oxygens (including phenoxy) is 1. The van der Waals surface area contributed by atoms with Gasteiger partial charge in [-0.05, 0) is 43.4 Å². The molecular formula is C19H21N3O5S. The summed E-state index contributed by atoms with van der Waals surface area (Å²) >= 11 is 0. The van der Waals surface area contributed by atoms with Crippen LogP contribution in [0.25, 0.3) is 0 Å². The zero-order valence-electron chi connectivity index (χ0n) is 15.4. The van der Waals surface area contributed by atoms with Crippen molar-refractivity contribution in [3.8, 4) is 5.75 Å². The molecule has 0 unspecified atom stereocenters. The number of amides is 1. The van der Waals surface area contributed by atoms with E-state index in [1.807, 2.05) is 7.05 Å². The van der Waals surface area contributed by atoms with Crippen molar-refractivity contribution in [3.05, 3.63) is 59.7 Å². The number of rotatable bonds is 5. The molecule has 0 radical (unpaired) electrons. The first kappa shape index (κ1) is 20.0. The molecule has 1 aliphatic rings. The van der Waals surface area contributed by atoms with Crippen LogP contribution in [0.15, 0.2) is 53.4 Å². The number of sulfonamides is 1. The van der Waals surface area contributed by atoms with Crippen LogP contribution in [0, 0.1) is 0 Å². The number of hydrogen-bond donors (Lipinski definition) is 1. The van der Waals surface area contributed by atoms with Gasteiger partial charge in [-0.1, -0.05) is 12.1 Å². The lowest BCUT2D eigenvalue weighted by atomic mass is 10.2. The highest BCUT2D eigenvalue weighted by Gasteiger charge is 2.28. The second kappa shape index (κ2) is 8.09. The van der Waals surface area contributed by atoms with Gasteiger partial charge in [0.25, 0.3) is 0 Å². The Labute approximate surface area is 163 Å². The fourth-order valence-corrected chi connectivity index (χ4v) is 4.31. The van der Waals surface area contributed by atoms with Gasteiger partial charge in [-0.2, -0.15) is 4.31 Å². The highest BCUT2D eigenvalue weighted by molar-refractivity contribution is 7.89. The molecule has 28 heavy (non-hydrogen) atoms. The predicted molar refractivity (Wildman–Crippen MR) is 103 cm³/mol. The van der Waals surface area contributed by atoms with Crippen LogP contribution in [0.5, 0.6) is 5.75 Å². The van der Waals surface area contributed by atoms with Gasteiger partial charge in [0.15, 0.2) is 0 Å². The van der Waals surface area contributed by atoms with Crippen LogP contribution in [0.4, 0.5) is 0 Å². The van der Waals surface area contributed by atoms with Crippen LogP contribution in [0.3, 0.4) is 0 Å². The smallest absolute Gasteiger partial charge is 0.343 e. The number of likely N-dealkylation sites (N-methyl/N-ethyl adjacent to an activating group) is 1. The number of carbonyl (C=O) groups is 2. The number of nitrogens with two attached hydrogens (primary N) is 1. The van der Waals surface area contributed by atoms with E-state index >= 15 is 0 Å². The molecule has 0 saturated carbocycles. The van der Waals surface area contributed by atoms with Gasteiger partial charge >= 0.3 is 5.97 Å². The van der Waals surface area contributed by atoms with Gasteiger partial charge < -0.3 is 15.4 Å². The monoisotopic (exact) mass is 403 g/mol. The van der Waals surface area contributed by atoms with Crippen LogP contribution in [0.1, 0.15) is 20.7 Å². The van der Waals surface area contributed by atoms with Crippen molar-refractivity contribution < 1.29 is 22.7 Å². The average Bonchev–Trinajstić information content (AvgIpc) is 2.68. The molecule has 0 aliphatic carbocycles. The van der Waals surface area contributed by atoms with Crippen molar-refractivity contribution >= 4 is 21.9 Å². The maximum Gasteiger partial charge on any atom is 0.343 e. The summed E-state index contributed by atoms with van der Waals surface area (Å²) in [6.07, 6.45) is 0. The first-order chi connectivity index (χ1) is 13.3. The van der Waals surface area contributed by atoms with Crippen molar-refractivity contribution in [1.82, 2.24) is 9.21 Å². The average molecular weight is 403 g/mol. The molecule has 0 bridgehead atoms. The van der Waals surface area contributed by atoms with E-state index in [1.54, 1.807) is 0 Å². The number of esters is 1. The molecule has 0 spiro atoms. The van der Waals surface area contributed by atoms with E-state index in [9.17, 15) is 18.0 Å². The zero-order chi connectivity index (χ0) is 20.3. The van der Waals surface area contributed by atoms with Crippen molar-refractivity contribution in [3.63, 3.8) is 0 Å². The summed E-state index contributed by atoms with van der Waals surface area (Å²) in [4.78, 5) is 25.8. The van der Waals surface area contributed by atoms with Crippen LogP contribution < -0.4 is 10.5 Å². The van der Waals surface area contributed by atoms with Crippen molar-refractivity contribution in [2.24, 2.45) is 5.73 Å². The third kappa shape index (κ3) is 4.38. The third-order valence-corrected chi connectivity index (χ3v) is 6.39. The highest BCUT2D eigenvalue weighted by atomic mass is 32.2. The number of piperazine rings is 1. The predicted octanol–water partition coefficient (Wildman–Crippen LogP) is 0.941. The van der Waals surface area contributed by atoms with Gasteiger partial charge in [-0.15, -0.1) is 0 Å². The minimum absolute atomic E-state index is 0.0392. The van der Waals surface area contributed by atoms with Crippen LogP contribution in [-0.4, -0.2) is 62.7 Å². The minimum Gasteiger partial charge on any atom is -0.423 e. The normalized spacial score (nSPS) is 15.9. The molecule has 3 rings (SSSR count). The van der Waals surface area contributed by atoms with E-state index in [-0.39, 0.29) is 21.8 Å². The summed E-state index contributed by atoms with van der Waals surface area (Å²) in [5.74, 6) is -1.22. The van der Waals surface area contributed by atoms with E-state index in [2.05, 4.69) is 4.90 Å². The van der Waals surface area contributed by atoms with E-state index in [4.69, 9.17) is 10.5 Å². The van der Waals surface area contributed by atoms with Gasteiger partial charge in [0.2, 0.25) is 15.9 Å². The van der Waals surface area contributed by atoms with Crippen molar-refractivity contribution in [2.45, 2.75) is 4.90 Å². The summed E-state index contributed by atoms with van der Waals surface area (Å²) in [6.45, 7) is 2.09. The molecule has 1 heterocycles. The second-order valence-corrected chi connectivity index (χ2v) is 8.45. The SMILES string of the molecule is CN1CCN(S(=O)(=O)c2cccc(C(=O)Oc3cccc(C(N)=O)c3)c2)CC1. The lowest BCUT2D eigenvalue weighted by Crippen LogP contribution is -2.47. The second-order valence-electron chi connectivity index (χ2n) is 6.52. The summed E-state index contributed by atoms with van der Waals surface area (Å²) in [5.41, 5.74) is 5.52. The minimum atomic E-state index is -3.69. The Kier molecular flexibility index (Phi) is 5.78. The number of nitrogens with zero attached hydrogens (tertiary/aromatic N) is 2. The fraction of sp³-hybridized carbons (Fsp3) is 0.263. The van der Waals surface area contributed by atoms with Gasteiger partial charge in [0.05, 0.1) is 10.5 Å². The number of benzene rings is 2. The van der Waals surface area contributed by atoms with E-state index in [1.165, 1.54) is 52.8 Å². The molecule has 2 aromatic rings. The van der Waals surface area contributed by atoms with E-state index in [0.717, 1.165) is 0 Å². The van der Waals surface area contributed by atoms with Crippen LogP contribution in [0.2, 0.25) is 0 Å². The lowest BCUT2D eigenvalue weighted by Gasteiger charge is -2.31. The Morgan fingerprint density at radius 3 is 2.29 bits per heavy atom. The van der Waals surface area contributed by atoms with Crippen molar-refractivity contribution in [2.75, 3.05) is 33.2 Å². The van der Waals surface area contributed by atoms with Crippen molar-refractivity contribution in [1.29, 1.82) is 0 Å². The maximum absolute atomic E-state index is 12.9. The molecule has 1 saturated heterocycles. The van der Waals surface area contributed by atoms with Gasteiger partial charge in [-0.25, -0.2) is 13.2 Å². The lowest BCUT2D eigenvalue weighted by molar-refractivity contribution is 0.0733. The summed E-state index contributed by atoms with van der Waals surface area (Å²) in [6, 6.07) is 11.6. The van der Waals surface area contributed by atoms with Gasteiger partial charge in [-0.3, -0.25) is 4.79 Å². The highest BCUT2D eigenvalue weighted by Crippen LogP contribution is 2.20. The topological polar surface area (TPSA) is 110 Å². The Bertz CT molecular complexity index is 998. The van der Waals surface area contributed by atoms with Crippen LogP contribution in [-0.2, 0) is 10.0 Å². The summed E-state index contributed by atoms with van der Waals surface area (Å²) < 4.78 is 32.4. The molecule has 2 N–H and O–H groups in total. The zero-order valence-corrected chi connectivity index (χ0v) is 16.2. The molecule has 1 aliphatic heterocycles. The number of hydrogen-bond acceptors (Lipinski definition) is 6. The Morgan fingerprint density at radius 1 is 0.964 bits per heavy atom. The molecule has 9 heteroatoms. The maximum atomic E-state index is 12.9. The molecule has 1 fully saturated rings. The Hall–Kier alpha value is -2.75. The van der Waals surface area contributed by atoms with Gasteiger partial charge in [0.1, 0.15) is 5.75 Å². The standard InChI is InChI=1S/C19H21N3O5S/c1-21-8-10-22(11-9-21)28(25,26)17-7-3-5-15(13-17)19(24)27-16-6-2-4-14(12-16)18(20)23/h2-7,12-13H,8-11H2,1H3,(H2,20,23). The molecular weight excluding hydrogens is 382 g/mol. The number of carbonyl (C=O) groups excluding carboxylic acids is 2. The fourth-order valence-electron chi connectivity index (χ4n) is 2.84. The molecule has 0 aromatic heterocycles. The van der Waals surface area contributed by atoms with E-state index in [0.29, 0.717) is 26.2 Å². The summed E-state index contributed by atoms with van der Waals surface area (Å²) in [7, 11) is -1.76. The molecule has 0 atom stereocenters.